The molecule has 0 aliphatic carbocycles. The fourth-order valence-electron chi connectivity index (χ4n) is 2.14. The van der Waals surface area contributed by atoms with Gasteiger partial charge in [0.05, 0.1) is 0 Å². The second kappa shape index (κ2) is 5.81. The van der Waals surface area contributed by atoms with E-state index in [4.69, 9.17) is 22.1 Å². The maximum Gasteiger partial charge on any atom is 0.133 e. The average molecular weight is 294 g/mol. The van der Waals surface area contributed by atoms with Crippen molar-refractivity contribution in [1.82, 2.24) is 0 Å². The highest BCUT2D eigenvalue weighted by Gasteiger charge is 2.13. The van der Waals surface area contributed by atoms with Crippen LogP contribution in [0.25, 0.3) is 0 Å². The summed E-state index contributed by atoms with van der Waals surface area (Å²) < 4.78 is 19.3. The molecule has 20 heavy (non-hydrogen) atoms. The van der Waals surface area contributed by atoms with Crippen molar-refractivity contribution in [3.63, 3.8) is 0 Å². The number of nitrogens with two attached hydrogens (primary N) is 1. The first-order valence-corrected chi connectivity index (χ1v) is 6.76. The molecule has 0 radical (unpaired) electrons. The van der Waals surface area contributed by atoms with Crippen LogP contribution < -0.4 is 10.5 Å². The molecule has 0 saturated carbocycles. The third kappa shape index (κ3) is 3.11. The van der Waals surface area contributed by atoms with Gasteiger partial charge in [-0.1, -0.05) is 11.6 Å². The molecular formula is C16H17ClFNO. The third-order valence-electron chi connectivity index (χ3n) is 3.10. The number of ether oxygens (including phenoxy) is 1. The van der Waals surface area contributed by atoms with Gasteiger partial charge in [0.1, 0.15) is 17.3 Å². The summed E-state index contributed by atoms with van der Waals surface area (Å²) in [4.78, 5) is 0. The van der Waals surface area contributed by atoms with Gasteiger partial charge in [-0.05, 0) is 62.2 Å². The van der Waals surface area contributed by atoms with Crippen LogP contribution in [-0.4, -0.2) is 0 Å². The lowest BCUT2D eigenvalue weighted by atomic mass is 10.1. The minimum Gasteiger partial charge on any atom is -0.456 e. The zero-order valence-electron chi connectivity index (χ0n) is 11.7. The van der Waals surface area contributed by atoms with E-state index in [1.807, 2.05) is 26.0 Å². The molecule has 0 bridgehead atoms. The summed E-state index contributed by atoms with van der Waals surface area (Å²) in [5.74, 6) is 0.965. The monoisotopic (exact) mass is 293 g/mol. The van der Waals surface area contributed by atoms with E-state index in [1.165, 1.54) is 12.1 Å². The zero-order chi connectivity index (χ0) is 14.9. The molecule has 2 nitrogen and oxygen atoms in total. The van der Waals surface area contributed by atoms with Crippen molar-refractivity contribution < 1.29 is 9.13 Å². The smallest absolute Gasteiger partial charge is 0.133 e. The van der Waals surface area contributed by atoms with Gasteiger partial charge in [-0.15, -0.1) is 0 Å². The highest BCUT2D eigenvalue weighted by atomic mass is 35.5. The fourth-order valence-corrected chi connectivity index (χ4v) is 2.46. The second-order valence-corrected chi connectivity index (χ2v) is 5.38. The number of halogens is 2. The average Bonchev–Trinajstić information content (AvgIpc) is 2.34. The van der Waals surface area contributed by atoms with Crippen LogP contribution in [0.3, 0.4) is 0 Å². The summed E-state index contributed by atoms with van der Waals surface area (Å²) in [5.41, 5.74) is 8.36. The molecule has 0 unspecified atom stereocenters. The first kappa shape index (κ1) is 14.8. The van der Waals surface area contributed by atoms with Gasteiger partial charge in [0.25, 0.3) is 0 Å². The van der Waals surface area contributed by atoms with Crippen LogP contribution >= 0.6 is 11.6 Å². The van der Waals surface area contributed by atoms with Crippen molar-refractivity contribution in [3.8, 4) is 11.5 Å². The highest BCUT2D eigenvalue weighted by molar-refractivity contribution is 6.30. The Morgan fingerprint density at radius 3 is 2.30 bits per heavy atom. The molecule has 1 atom stereocenters. The standard InChI is InChI=1S/C16H17ClFNO/c1-9-6-12(17)7-10(2)16(9)20-15-5-4-13(18)8-14(15)11(3)19/h4-8,11H,19H2,1-3H3/t11-/m0/s1. The van der Waals surface area contributed by atoms with E-state index in [0.717, 1.165) is 16.9 Å². The Labute approximate surface area is 123 Å². The lowest BCUT2D eigenvalue weighted by molar-refractivity contribution is 0.462. The third-order valence-corrected chi connectivity index (χ3v) is 3.32. The number of rotatable bonds is 3. The van der Waals surface area contributed by atoms with Crippen LogP contribution in [0.1, 0.15) is 29.7 Å². The van der Waals surface area contributed by atoms with Gasteiger partial charge in [-0.2, -0.15) is 0 Å². The van der Waals surface area contributed by atoms with Crippen LogP contribution in [0.4, 0.5) is 4.39 Å². The molecular weight excluding hydrogens is 277 g/mol. The van der Waals surface area contributed by atoms with Gasteiger partial charge in [0.15, 0.2) is 0 Å². The molecule has 0 aliphatic heterocycles. The first-order valence-electron chi connectivity index (χ1n) is 6.38. The summed E-state index contributed by atoms with van der Waals surface area (Å²) in [6.07, 6.45) is 0. The van der Waals surface area contributed by atoms with Gasteiger partial charge in [-0.25, -0.2) is 4.39 Å². The molecule has 0 aliphatic rings. The lowest BCUT2D eigenvalue weighted by Gasteiger charge is -2.17. The van der Waals surface area contributed by atoms with Crippen molar-refractivity contribution in [3.05, 3.63) is 57.9 Å². The molecule has 0 amide bonds. The summed E-state index contributed by atoms with van der Waals surface area (Å²) in [6, 6.07) is 7.72. The number of hydrogen-bond acceptors (Lipinski definition) is 2. The van der Waals surface area contributed by atoms with E-state index in [-0.39, 0.29) is 11.9 Å². The van der Waals surface area contributed by atoms with E-state index >= 15 is 0 Å². The van der Waals surface area contributed by atoms with Crippen molar-refractivity contribution in [2.24, 2.45) is 5.73 Å². The minimum atomic E-state index is -0.325. The van der Waals surface area contributed by atoms with E-state index in [1.54, 1.807) is 13.0 Å². The Bertz CT molecular complexity index is 617. The second-order valence-electron chi connectivity index (χ2n) is 4.94. The summed E-state index contributed by atoms with van der Waals surface area (Å²) in [6.45, 7) is 5.63. The van der Waals surface area contributed by atoms with E-state index in [9.17, 15) is 4.39 Å². The van der Waals surface area contributed by atoms with E-state index in [2.05, 4.69) is 0 Å². The minimum absolute atomic E-state index is 0.311. The first-order chi connectivity index (χ1) is 9.38. The SMILES string of the molecule is Cc1cc(Cl)cc(C)c1Oc1ccc(F)cc1[C@H](C)N. The quantitative estimate of drug-likeness (QED) is 0.873. The van der Waals surface area contributed by atoms with Gasteiger partial charge in [0, 0.05) is 16.6 Å². The van der Waals surface area contributed by atoms with Crippen molar-refractivity contribution in [2.75, 3.05) is 0 Å². The normalized spacial score (nSPS) is 12.3. The van der Waals surface area contributed by atoms with E-state index < -0.39 is 0 Å². The van der Waals surface area contributed by atoms with Crippen LogP contribution in [0, 0.1) is 19.7 Å². The highest BCUT2D eigenvalue weighted by Crippen LogP contribution is 2.34. The van der Waals surface area contributed by atoms with Gasteiger partial charge < -0.3 is 10.5 Å². The maximum absolute atomic E-state index is 13.3. The van der Waals surface area contributed by atoms with Crippen molar-refractivity contribution >= 4 is 11.6 Å². The maximum atomic E-state index is 13.3. The number of aryl methyl sites for hydroxylation is 2. The van der Waals surface area contributed by atoms with Gasteiger partial charge in [-0.3, -0.25) is 0 Å². The predicted molar refractivity (Wildman–Crippen MR) is 80.0 cm³/mol. The summed E-state index contributed by atoms with van der Waals surface area (Å²) in [7, 11) is 0. The van der Waals surface area contributed by atoms with Crippen LogP contribution in [0.15, 0.2) is 30.3 Å². The zero-order valence-corrected chi connectivity index (χ0v) is 12.5. The largest absolute Gasteiger partial charge is 0.456 e. The Kier molecular flexibility index (Phi) is 4.31. The van der Waals surface area contributed by atoms with Crippen LogP contribution in [0.5, 0.6) is 11.5 Å². The summed E-state index contributed by atoms with van der Waals surface area (Å²) in [5, 5.41) is 0.666. The van der Waals surface area contributed by atoms with Gasteiger partial charge >= 0.3 is 0 Å². The Morgan fingerprint density at radius 2 is 1.75 bits per heavy atom. The molecule has 0 aromatic heterocycles. The van der Waals surface area contributed by atoms with Crippen molar-refractivity contribution in [2.45, 2.75) is 26.8 Å². The van der Waals surface area contributed by atoms with Crippen LogP contribution in [-0.2, 0) is 0 Å². The number of hydrogen-bond donors (Lipinski definition) is 1. The Hall–Kier alpha value is -1.58. The number of benzene rings is 2. The van der Waals surface area contributed by atoms with Crippen molar-refractivity contribution in [1.29, 1.82) is 0 Å². The topological polar surface area (TPSA) is 35.2 Å². The Balaban J connectivity index is 2.45. The molecule has 2 aromatic carbocycles. The molecule has 0 fully saturated rings. The molecule has 106 valence electrons. The molecule has 2 N–H and O–H groups in total. The molecule has 0 heterocycles. The molecule has 2 aromatic rings. The summed E-state index contributed by atoms with van der Waals surface area (Å²) >= 11 is 6.00. The predicted octanol–water partition coefficient (Wildman–Crippen LogP) is 4.91. The fraction of sp³-hybridized carbons (Fsp3) is 0.250. The lowest BCUT2D eigenvalue weighted by Crippen LogP contribution is -2.07. The molecule has 2 rings (SSSR count). The van der Waals surface area contributed by atoms with Gasteiger partial charge in [0.2, 0.25) is 0 Å². The Morgan fingerprint density at radius 1 is 1.15 bits per heavy atom. The van der Waals surface area contributed by atoms with Crippen LogP contribution in [0.2, 0.25) is 5.02 Å². The molecule has 4 heteroatoms. The molecule has 0 spiro atoms. The molecule has 0 saturated heterocycles. The van der Waals surface area contributed by atoms with E-state index in [0.29, 0.717) is 16.3 Å².